The minimum absolute atomic E-state index is 0.124. The molecule has 0 saturated carbocycles. The third-order valence-electron chi connectivity index (χ3n) is 2.04. The van der Waals surface area contributed by atoms with Crippen LogP contribution in [0.3, 0.4) is 0 Å². The van der Waals surface area contributed by atoms with Gasteiger partial charge >= 0.3 is 0 Å². The van der Waals surface area contributed by atoms with E-state index >= 15 is 0 Å². The lowest BCUT2D eigenvalue weighted by molar-refractivity contribution is 0.356. The Morgan fingerprint density at radius 2 is 2.42 bits per heavy atom. The van der Waals surface area contributed by atoms with Crippen molar-refractivity contribution in [3.8, 4) is 5.75 Å². The van der Waals surface area contributed by atoms with Crippen molar-refractivity contribution < 1.29 is 4.74 Å². The lowest BCUT2D eigenvalue weighted by Gasteiger charge is -2.04. The summed E-state index contributed by atoms with van der Waals surface area (Å²) in [4.78, 5) is 11.2. The summed E-state index contributed by atoms with van der Waals surface area (Å²) in [5.41, 5.74) is 0.819. The normalized spacial score (nSPS) is 14.2. The average Bonchev–Trinajstić information content (AvgIpc) is 2.48. The Labute approximate surface area is 74.5 Å². The van der Waals surface area contributed by atoms with Gasteiger partial charge in [0.2, 0.25) is 0 Å². The Hall–Kier alpha value is -0.960. The van der Waals surface area contributed by atoms with Crippen molar-refractivity contribution in [2.45, 2.75) is 6.42 Å². The number of pyridine rings is 1. The van der Waals surface area contributed by atoms with Gasteiger partial charge in [-0.2, -0.15) is 0 Å². The van der Waals surface area contributed by atoms with E-state index in [0.29, 0.717) is 17.5 Å². The van der Waals surface area contributed by atoms with E-state index in [4.69, 9.17) is 16.3 Å². The fourth-order valence-electron chi connectivity index (χ4n) is 1.32. The van der Waals surface area contributed by atoms with Crippen LogP contribution in [0.4, 0.5) is 0 Å². The highest BCUT2D eigenvalue weighted by atomic mass is 35.5. The predicted octanol–water partition coefficient (Wildman–Crippen LogP) is 0.974. The predicted molar refractivity (Wildman–Crippen MR) is 45.9 cm³/mol. The maximum atomic E-state index is 11.2. The first-order valence-electron chi connectivity index (χ1n) is 3.71. The number of hydrogen-bond donors (Lipinski definition) is 0. The van der Waals surface area contributed by atoms with Crippen LogP contribution in [0.15, 0.2) is 10.9 Å². The van der Waals surface area contributed by atoms with E-state index in [0.717, 1.165) is 12.0 Å². The summed E-state index contributed by atoms with van der Waals surface area (Å²) in [5, 5.41) is 0.495. The number of aromatic nitrogens is 1. The number of nitrogens with zero attached hydrogens (tertiary/aromatic N) is 1. The Bertz CT molecular complexity index is 383. The molecule has 2 rings (SSSR count). The molecule has 2 heterocycles. The van der Waals surface area contributed by atoms with E-state index in [1.54, 1.807) is 7.05 Å². The molecule has 0 aromatic carbocycles. The summed E-state index contributed by atoms with van der Waals surface area (Å²) in [6, 6.07) is 1.48. The van der Waals surface area contributed by atoms with E-state index in [-0.39, 0.29) is 5.56 Å². The fourth-order valence-corrected chi connectivity index (χ4v) is 1.59. The highest BCUT2D eigenvalue weighted by Gasteiger charge is 2.18. The van der Waals surface area contributed by atoms with Gasteiger partial charge in [0.1, 0.15) is 10.9 Å². The summed E-state index contributed by atoms with van der Waals surface area (Å²) in [7, 11) is 1.66. The maximum absolute atomic E-state index is 11.2. The molecule has 0 amide bonds. The molecular weight excluding hydrogens is 178 g/mol. The molecule has 1 aliphatic heterocycles. The van der Waals surface area contributed by atoms with Crippen molar-refractivity contribution >= 4 is 11.6 Å². The van der Waals surface area contributed by atoms with E-state index in [1.807, 2.05) is 0 Å². The van der Waals surface area contributed by atoms with Crippen molar-refractivity contribution in [3.05, 3.63) is 27.1 Å². The zero-order chi connectivity index (χ0) is 8.72. The van der Waals surface area contributed by atoms with E-state index in [1.165, 1.54) is 10.6 Å². The van der Waals surface area contributed by atoms with Crippen LogP contribution in [0, 0.1) is 0 Å². The highest BCUT2D eigenvalue weighted by Crippen LogP contribution is 2.28. The molecule has 0 unspecified atom stereocenters. The van der Waals surface area contributed by atoms with Crippen LogP contribution >= 0.6 is 11.6 Å². The van der Waals surface area contributed by atoms with Crippen LogP contribution in [0.25, 0.3) is 0 Å². The largest absolute Gasteiger partial charge is 0.493 e. The molecule has 64 valence electrons. The lowest BCUT2D eigenvalue weighted by Crippen LogP contribution is -2.16. The molecule has 0 radical (unpaired) electrons. The topological polar surface area (TPSA) is 31.2 Å². The third-order valence-corrected chi connectivity index (χ3v) is 2.52. The molecule has 1 aromatic rings. The molecule has 4 heteroatoms. The molecule has 0 N–H and O–H groups in total. The lowest BCUT2D eigenvalue weighted by atomic mass is 10.2. The van der Waals surface area contributed by atoms with Crippen LogP contribution < -0.4 is 10.3 Å². The van der Waals surface area contributed by atoms with Gasteiger partial charge in [-0.05, 0) is 0 Å². The highest BCUT2D eigenvalue weighted by molar-refractivity contribution is 6.30. The molecule has 3 nitrogen and oxygen atoms in total. The Balaban J connectivity index is 2.76. The van der Waals surface area contributed by atoms with Crippen molar-refractivity contribution in [3.63, 3.8) is 0 Å². The first-order valence-corrected chi connectivity index (χ1v) is 4.09. The van der Waals surface area contributed by atoms with E-state index in [9.17, 15) is 4.79 Å². The molecule has 0 fully saturated rings. The standard InChI is InChI=1S/C8H8ClNO2/c1-10-7(11)4-6-5(8(10)9)2-3-12-6/h4H,2-3H2,1H3. The van der Waals surface area contributed by atoms with Crippen molar-refractivity contribution in [1.29, 1.82) is 0 Å². The first-order chi connectivity index (χ1) is 5.70. The smallest absolute Gasteiger partial charge is 0.255 e. The molecule has 12 heavy (non-hydrogen) atoms. The second kappa shape index (κ2) is 2.52. The molecular formula is C8H8ClNO2. The Kier molecular flexibility index (Phi) is 1.61. The van der Waals surface area contributed by atoms with Crippen LogP contribution in [0.5, 0.6) is 5.75 Å². The van der Waals surface area contributed by atoms with Gasteiger partial charge in [0.15, 0.2) is 0 Å². The molecule has 1 aliphatic rings. The van der Waals surface area contributed by atoms with Gasteiger partial charge in [0.05, 0.1) is 6.61 Å². The second-order valence-electron chi connectivity index (χ2n) is 2.77. The summed E-state index contributed by atoms with van der Waals surface area (Å²) < 4.78 is 6.64. The zero-order valence-corrected chi connectivity index (χ0v) is 7.39. The van der Waals surface area contributed by atoms with Gasteiger partial charge in [-0.25, -0.2) is 0 Å². The molecule has 0 spiro atoms. The molecule has 0 atom stereocenters. The summed E-state index contributed by atoms with van der Waals surface area (Å²) in [5.74, 6) is 0.642. The monoisotopic (exact) mass is 185 g/mol. The van der Waals surface area contributed by atoms with Crippen LogP contribution in [0.1, 0.15) is 5.56 Å². The van der Waals surface area contributed by atoms with Gasteiger partial charge in [-0.1, -0.05) is 11.6 Å². The summed E-state index contributed by atoms with van der Waals surface area (Å²) in [6.07, 6.45) is 0.794. The Morgan fingerprint density at radius 3 is 3.17 bits per heavy atom. The number of hydrogen-bond acceptors (Lipinski definition) is 2. The minimum Gasteiger partial charge on any atom is -0.493 e. The van der Waals surface area contributed by atoms with Crippen LogP contribution in [0.2, 0.25) is 5.15 Å². The number of fused-ring (bicyclic) bond motifs is 1. The second-order valence-corrected chi connectivity index (χ2v) is 3.13. The van der Waals surface area contributed by atoms with Crippen molar-refractivity contribution in [2.24, 2.45) is 7.05 Å². The van der Waals surface area contributed by atoms with Crippen LogP contribution in [-0.4, -0.2) is 11.2 Å². The number of rotatable bonds is 0. The van der Waals surface area contributed by atoms with Gasteiger partial charge in [0, 0.05) is 25.1 Å². The quantitative estimate of drug-likeness (QED) is 0.564. The number of halogens is 1. The van der Waals surface area contributed by atoms with E-state index < -0.39 is 0 Å². The SMILES string of the molecule is Cn1c(Cl)c2c(cc1=O)OCC2. The van der Waals surface area contributed by atoms with Gasteiger partial charge in [-0.15, -0.1) is 0 Å². The first kappa shape index (κ1) is 7.68. The summed E-state index contributed by atoms with van der Waals surface area (Å²) >= 11 is 5.93. The van der Waals surface area contributed by atoms with Gasteiger partial charge in [0.25, 0.3) is 5.56 Å². The van der Waals surface area contributed by atoms with Crippen LogP contribution in [-0.2, 0) is 13.5 Å². The molecule has 0 saturated heterocycles. The average molecular weight is 186 g/mol. The molecule has 0 bridgehead atoms. The molecule has 0 aliphatic carbocycles. The maximum Gasteiger partial charge on any atom is 0.255 e. The Morgan fingerprint density at radius 1 is 1.67 bits per heavy atom. The summed E-state index contributed by atoms with van der Waals surface area (Å²) in [6.45, 7) is 0.624. The minimum atomic E-state index is -0.124. The number of ether oxygens (including phenoxy) is 1. The third kappa shape index (κ3) is 0.932. The zero-order valence-electron chi connectivity index (χ0n) is 6.63. The van der Waals surface area contributed by atoms with Crippen molar-refractivity contribution in [2.75, 3.05) is 6.61 Å². The van der Waals surface area contributed by atoms with Crippen molar-refractivity contribution in [1.82, 2.24) is 4.57 Å². The van der Waals surface area contributed by atoms with E-state index in [2.05, 4.69) is 0 Å². The fraction of sp³-hybridized carbons (Fsp3) is 0.375. The van der Waals surface area contributed by atoms with Gasteiger partial charge < -0.3 is 9.30 Å². The van der Waals surface area contributed by atoms with Gasteiger partial charge in [-0.3, -0.25) is 4.79 Å². The molecule has 1 aromatic heterocycles.